The molecule has 1 heterocycles. The predicted molar refractivity (Wildman–Crippen MR) is 159 cm³/mol. The van der Waals surface area contributed by atoms with Crippen LogP contribution < -0.4 is 5.32 Å². The third kappa shape index (κ3) is 15.4. The number of carbonyl (C=O) groups excluding carboxylic acids is 10. The minimum Gasteiger partial charge on any atom is -0.463 e. The van der Waals surface area contributed by atoms with Crippen molar-refractivity contribution in [1.29, 1.82) is 0 Å². The van der Waals surface area contributed by atoms with Gasteiger partial charge >= 0.3 is 53.7 Å². The van der Waals surface area contributed by atoms with E-state index in [0.717, 1.165) is 62.3 Å². The molecule has 21 nitrogen and oxygen atoms in total. The van der Waals surface area contributed by atoms with Crippen LogP contribution in [0.4, 0.5) is 0 Å². The lowest BCUT2D eigenvalue weighted by atomic mass is 9.96. The number of rotatable bonds is 16. The van der Waals surface area contributed by atoms with Gasteiger partial charge in [-0.3, -0.25) is 47.9 Å². The van der Waals surface area contributed by atoms with Gasteiger partial charge in [-0.1, -0.05) is 0 Å². The molecule has 0 aromatic carbocycles. The van der Waals surface area contributed by atoms with Crippen molar-refractivity contribution in [3.05, 3.63) is 0 Å². The van der Waals surface area contributed by atoms with Crippen LogP contribution in [0.2, 0.25) is 0 Å². The van der Waals surface area contributed by atoms with Gasteiger partial charge in [-0.2, -0.15) is 0 Å². The molecular weight excluding hydrogens is 694 g/mol. The Morgan fingerprint density at radius 1 is 0.510 bits per heavy atom. The van der Waals surface area contributed by atoms with E-state index in [1.54, 1.807) is 0 Å². The molecule has 286 valence electrons. The summed E-state index contributed by atoms with van der Waals surface area (Å²) in [6.07, 6.45) is -16.8. The largest absolute Gasteiger partial charge is 0.463 e. The standard InChI is InChI=1S/C30H41NO20/c1-12(32)42-10-21(44-14(3)34)23(45-15(4)35)25(47-17(6)37)27(49-19(8)39)29(41)31-30-28(50-20(9)40)26(48-18(7)38)24(46-16(5)36)22(51-30)11-43-13(2)33/h21-28,30H,10-11H2,1-9H3,(H,31,41)/t21-,22+,23+,24+,25+,26-,27+,28+,30+/m0/s1. The van der Waals surface area contributed by atoms with Gasteiger partial charge in [0.15, 0.2) is 42.9 Å². The molecule has 0 aromatic heterocycles. The Bertz CT molecular complexity index is 1340. The molecule has 1 rings (SSSR count). The Labute approximate surface area is 291 Å². The van der Waals surface area contributed by atoms with Crippen molar-refractivity contribution >= 4 is 59.6 Å². The fourth-order valence-corrected chi connectivity index (χ4v) is 4.66. The van der Waals surface area contributed by atoms with Gasteiger partial charge in [-0.25, -0.2) is 0 Å². The van der Waals surface area contributed by atoms with E-state index in [1.165, 1.54) is 0 Å². The first-order chi connectivity index (χ1) is 23.6. The highest BCUT2D eigenvalue weighted by atomic mass is 16.7. The average Bonchev–Trinajstić information content (AvgIpc) is 2.96. The molecule has 1 amide bonds. The molecular formula is C30H41NO20. The lowest BCUT2D eigenvalue weighted by Gasteiger charge is -2.44. The van der Waals surface area contributed by atoms with Crippen LogP contribution in [0.5, 0.6) is 0 Å². The minimum absolute atomic E-state index is 0.664. The summed E-state index contributed by atoms with van der Waals surface area (Å²) in [5.41, 5.74) is 0. The van der Waals surface area contributed by atoms with Crippen molar-refractivity contribution < 1.29 is 95.3 Å². The smallest absolute Gasteiger partial charge is 0.303 e. The van der Waals surface area contributed by atoms with Gasteiger partial charge in [0.1, 0.15) is 19.3 Å². The van der Waals surface area contributed by atoms with Crippen LogP contribution in [0.15, 0.2) is 0 Å². The van der Waals surface area contributed by atoms with E-state index >= 15 is 0 Å². The molecule has 0 aromatic rings. The molecule has 1 saturated heterocycles. The lowest BCUT2D eigenvalue weighted by Crippen LogP contribution is -2.67. The maximum atomic E-state index is 14.1. The highest BCUT2D eigenvalue weighted by Gasteiger charge is 2.54. The highest BCUT2D eigenvalue weighted by molar-refractivity contribution is 5.85. The second kappa shape index (κ2) is 20.4. The molecule has 0 aliphatic carbocycles. The van der Waals surface area contributed by atoms with Crippen molar-refractivity contribution in [1.82, 2.24) is 5.32 Å². The summed E-state index contributed by atoms with van der Waals surface area (Å²) in [6.45, 7) is 7.01. The zero-order valence-electron chi connectivity index (χ0n) is 29.3. The fraction of sp³-hybridized carbons (Fsp3) is 0.667. The summed E-state index contributed by atoms with van der Waals surface area (Å²) >= 11 is 0. The van der Waals surface area contributed by atoms with Crippen molar-refractivity contribution in [3.63, 3.8) is 0 Å². The Kier molecular flexibility index (Phi) is 17.4. The number of hydrogen-bond donors (Lipinski definition) is 1. The van der Waals surface area contributed by atoms with Crippen molar-refractivity contribution in [2.75, 3.05) is 13.2 Å². The normalized spacial score (nSPS) is 21.8. The van der Waals surface area contributed by atoms with Crippen molar-refractivity contribution in [2.24, 2.45) is 0 Å². The Balaban J connectivity index is 3.88. The summed E-state index contributed by atoms with van der Waals surface area (Å²) in [5.74, 6) is -10.4. The second-order valence-corrected chi connectivity index (χ2v) is 10.8. The number of ether oxygens (including phenoxy) is 10. The summed E-state index contributed by atoms with van der Waals surface area (Å²) in [6, 6.07) is 0. The second-order valence-electron chi connectivity index (χ2n) is 10.8. The molecule has 51 heavy (non-hydrogen) atoms. The van der Waals surface area contributed by atoms with Crippen LogP contribution in [0.25, 0.3) is 0 Å². The first kappa shape index (κ1) is 43.7. The zero-order valence-corrected chi connectivity index (χ0v) is 29.3. The van der Waals surface area contributed by atoms with E-state index in [9.17, 15) is 47.9 Å². The van der Waals surface area contributed by atoms with Crippen LogP contribution in [-0.2, 0) is 95.3 Å². The highest BCUT2D eigenvalue weighted by Crippen LogP contribution is 2.29. The topological polar surface area (TPSA) is 275 Å². The third-order valence-electron chi connectivity index (χ3n) is 6.19. The molecule has 0 unspecified atom stereocenters. The SMILES string of the molecule is CC(=O)OC[C@H](OC(C)=O)[C@@H](OC(C)=O)[C@@H](OC(C)=O)[C@@H](OC(C)=O)C(=O)N[C@@H]1O[C@H](COC(C)=O)[C@@H](OC(C)=O)[C@H](OC(C)=O)[C@H]1OC(C)=O. The Morgan fingerprint density at radius 3 is 1.41 bits per heavy atom. The molecule has 1 aliphatic heterocycles. The van der Waals surface area contributed by atoms with Crippen molar-refractivity contribution in [2.45, 2.75) is 117 Å². The van der Waals surface area contributed by atoms with Crippen LogP contribution in [0, 0.1) is 0 Å². The Hall–Kier alpha value is -5.34. The minimum atomic E-state index is -2.31. The van der Waals surface area contributed by atoms with Gasteiger partial charge < -0.3 is 52.7 Å². The molecule has 21 heteroatoms. The Morgan fingerprint density at radius 2 is 0.961 bits per heavy atom. The summed E-state index contributed by atoms with van der Waals surface area (Å²) < 4.78 is 52.5. The number of esters is 9. The van der Waals surface area contributed by atoms with Gasteiger partial charge in [0.2, 0.25) is 6.10 Å². The molecule has 0 spiro atoms. The molecule has 1 aliphatic rings. The van der Waals surface area contributed by atoms with E-state index in [2.05, 4.69) is 5.32 Å². The zero-order chi connectivity index (χ0) is 39.2. The molecule has 0 bridgehead atoms. The maximum Gasteiger partial charge on any atom is 0.303 e. The van der Waals surface area contributed by atoms with E-state index in [1.807, 2.05) is 0 Å². The predicted octanol–water partition coefficient (Wildman–Crippen LogP) is -1.52. The summed E-state index contributed by atoms with van der Waals surface area (Å²) in [7, 11) is 0. The van der Waals surface area contributed by atoms with Crippen LogP contribution in [0.1, 0.15) is 62.3 Å². The van der Waals surface area contributed by atoms with Crippen LogP contribution in [0.3, 0.4) is 0 Å². The first-order valence-corrected chi connectivity index (χ1v) is 15.1. The number of carbonyl (C=O) groups is 10. The van der Waals surface area contributed by atoms with Gasteiger partial charge in [0.25, 0.3) is 5.91 Å². The molecule has 9 atom stereocenters. The monoisotopic (exact) mass is 735 g/mol. The maximum absolute atomic E-state index is 14.1. The van der Waals surface area contributed by atoms with Gasteiger partial charge in [0.05, 0.1) is 0 Å². The van der Waals surface area contributed by atoms with E-state index in [0.29, 0.717) is 0 Å². The van der Waals surface area contributed by atoms with Crippen LogP contribution in [-0.4, -0.2) is 128 Å². The lowest BCUT2D eigenvalue weighted by molar-refractivity contribution is -0.257. The van der Waals surface area contributed by atoms with E-state index in [-0.39, 0.29) is 0 Å². The van der Waals surface area contributed by atoms with Crippen LogP contribution >= 0.6 is 0 Å². The summed E-state index contributed by atoms with van der Waals surface area (Å²) in [4.78, 5) is 123. The molecule has 0 saturated carbocycles. The number of amides is 1. The number of hydrogen-bond acceptors (Lipinski definition) is 20. The molecule has 1 N–H and O–H groups in total. The molecule has 1 fully saturated rings. The van der Waals surface area contributed by atoms with Gasteiger partial charge in [0, 0.05) is 62.3 Å². The first-order valence-electron chi connectivity index (χ1n) is 15.1. The quantitative estimate of drug-likeness (QED) is 0.139. The molecule has 0 radical (unpaired) electrons. The van der Waals surface area contributed by atoms with Gasteiger partial charge in [-0.05, 0) is 0 Å². The van der Waals surface area contributed by atoms with E-state index in [4.69, 9.17) is 47.4 Å². The van der Waals surface area contributed by atoms with E-state index < -0.39 is 128 Å². The van der Waals surface area contributed by atoms with Gasteiger partial charge in [-0.15, -0.1) is 0 Å². The third-order valence-corrected chi connectivity index (χ3v) is 6.19. The average molecular weight is 736 g/mol. The number of nitrogens with one attached hydrogen (secondary N) is 1. The summed E-state index contributed by atoms with van der Waals surface area (Å²) in [5, 5.41) is 2.25. The fourth-order valence-electron chi connectivity index (χ4n) is 4.66. The van der Waals surface area contributed by atoms with Crippen molar-refractivity contribution in [3.8, 4) is 0 Å².